The molecule has 10 heterocycles. The molecular formula is C106H100Br2F8N8S11. The molecule has 8 nitrogen and oxygen atoms in total. The summed E-state index contributed by atoms with van der Waals surface area (Å²) in [5.41, 5.74) is 10.8. The number of rotatable bonds is 38. The number of nitrogens with zero attached hydrogens (tertiary/aromatic N) is 8. The highest BCUT2D eigenvalue weighted by Gasteiger charge is 2.36. The average Bonchev–Trinajstić information content (AvgIpc) is 1.57. The monoisotopic (exact) mass is 2150 g/mol. The SMILES string of the molecule is CCCCC(CC)CCc1ccc(-c2ccc(-c3c(F)c(F)c(-c4ccc(-c5ccc(CCC(CC)CCCC)cc5F)s4)c4nsnc34)s2)c(F)c1.CCCCC(CC)CCc1ccc(-c2ccc(-c3c4c(c(-c5ccc(-c6ccc(CCC(CC)CCCC)cc6F)s5)c5nsnc35)SC(=C(C#N)C#N)S4)s2)c(F)c1.Fc1c(F)c(-c2ccc(Br)s2)c2nsnc2c1-c1ccc(Br)s1. The standard InChI is InChI=1S/C48H48F2N4S5.C44H48F4N2S3.C14H4Br2F2N2S3/c1-5-9-11-29(7-3)13-15-31-17-19-34(36(49)25-31)38-21-23-40(55-38)42-44-45(54-59-53-44)43(47-46(42)57-48(58-47)33(27-51)28-52)41-24-22-39(56-41)35-20-18-32(26-37(35)50)16-14-30(8-4)12-10-6-2;1-5-9-11-27(7-3)13-15-29-17-19-31(33(45)25-29)35-21-23-37(51-35)39-41(47)42(48)40(44-43(39)49-53-50-44)38-24-22-36(52-38)32-20-18-30(26-34(32)46)16-14-28(8-4)12-10-6-2;15-7-3-1-5(21-7)9-11(17)12(18)10(6-2-4-8(16)22-6)14-13(9)19-23-20-14/h17-26,29-30H,5-16H2,1-4H3;17-28H,5-16H2,1-4H3;1-4H. The molecule has 0 amide bonds. The number of aryl methyl sites for hydroxylation is 4. The van der Waals surface area contributed by atoms with E-state index in [9.17, 15) is 19.3 Å². The highest BCUT2D eigenvalue weighted by atomic mass is 79.9. The van der Waals surface area contributed by atoms with Crippen LogP contribution in [0, 0.1) is 92.9 Å². The van der Waals surface area contributed by atoms with E-state index in [1.54, 1.807) is 84.9 Å². The predicted molar refractivity (Wildman–Crippen MR) is 565 cm³/mol. The van der Waals surface area contributed by atoms with Crippen LogP contribution >= 0.6 is 159 Å². The van der Waals surface area contributed by atoms with Crippen LogP contribution in [0.25, 0.3) is 138 Å². The van der Waals surface area contributed by atoms with Crippen LogP contribution in [-0.2, 0) is 25.7 Å². The van der Waals surface area contributed by atoms with Crippen LogP contribution in [0.15, 0.2) is 173 Å². The van der Waals surface area contributed by atoms with Crippen molar-refractivity contribution in [3.05, 3.63) is 232 Å². The van der Waals surface area contributed by atoms with Crippen molar-refractivity contribution in [3.63, 3.8) is 0 Å². The van der Waals surface area contributed by atoms with Gasteiger partial charge in [-0.1, -0.05) is 230 Å². The summed E-state index contributed by atoms with van der Waals surface area (Å²) in [5.74, 6) is -2.35. The Balaban J connectivity index is 0.000000167. The number of nitriles is 2. The molecule has 1 aliphatic heterocycles. The molecule has 0 N–H and O–H groups in total. The van der Waals surface area contributed by atoms with Crippen molar-refractivity contribution in [3.8, 4) is 117 Å². The second-order valence-corrected chi connectivity index (χ2v) is 47.2. The fourth-order valence-corrected chi connectivity index (χ4v) is 29.2. The molecule has 0 fully saturated rings. The molecule has 0 radical (unpaired) electrons. The number of fused-ring (bicyclic) bond motifs is 4. The molecule has 0 bridgehead atoms. The summed E-state index contributed by atoms with van der Waals surface area (Å²) in [5, 5.41) is 19.8. The van der Waals surface area contributed by atoms with Gasteiger partial charge in [0.2, 0.25) is 0 Å². The fourth-order valence-electron chi connectivity index (χ4n) is 17.5. The molecule has 9 aromatic heterocycles. The maximum atomic E-state index is 16.1. The van der Waals surface area contributed by atoms with Crippen molar-refractivity contribution in [2.45, 2.75) is 219 Å². The van der Waals surface area contributed by atoms with Gasteiger partial charge in [-0.15, -0.1) is 68.0 Å². The highest BCUT2D eigenvalue weighted by Crippen LogP contribution is 2.63. The summed E-state index contributed by atoms with van der Waals surface area (Å²) in [4.78, 5) is 8.55. The Morgan fingerprint density at radius 1 is 0.296 bits per heavy atom. The highest BCUT2D eigenvalue weighted by molar-refractivity contribution is 9.11. The second kappa shape index (κ2) is 47.8. The number of aromatic nitrogens is 6. The number of allylic oxidation sites excluding steroid dienone is 1. The van der Waals surface area contributed by atoms with Crippen molar-refractivity contribution in [1.82, 2.24) is 26.2 Å². The van der Waals surface area contributed by atoms with Crippen LogP contribution in [0.3, 0.4) is 0 Å². The summed E-state index contributed by atoms with van der Waals surface area (Å²) in [6.45, 7) is 17.8. The third kappa shape index (κ3) is 23.4. The number of benzene rings is 7. The van der Waals surface area contributed by atoms with E-state index in [0.29, 0.717) is 101 Å². The first-order chi connectivity index (χ1) is 65.6. The Morgan fingerprint density at radius 3 is 0.748 bits per heavy atom. The van der Waals surface area contributed by atoms with Crippen molar-refractivity contribution < 1.29 is 35.1 Å². The van der Waals surface area contributed by atoms with E-state index >= 15 is 26.3 Å². The van der Waals surface area contributed by atoms with Gasteiger partial charge in [0.15, 0.2) is 23.3 Å². The van der Waals surface area contributed by atoms with Gasteiger partial charge in [0.1, 0.15) is 74.1 Å². The van der Waals surface area contributed by atoms with Gasteiger partial charge in [0, 0.05) is 91.9 Å². The van der Waals surface area contributed by atoms with Gasteiger partial charge in [0.05, 0.1) is 69.2 Å². The largest absolute Gasteiger partial charge is 0.206 e. The lowest BCUT2D eigenvalue weighted by atomic mass is 9.92. The second-order valence-electron chi connectivity index (χ2n) is 34.1. The first-order valence-electron chi connectivity index (χ1n) is 46.2. The zero-order valence-electron chi connectivity index (χ0n) is 76.0. The number of unbranched alkanes of at least 4 members (excludes halogenated alkanes) is 4. The molecule has 0 saturated carbocycles. The van der Waals surface area contributed by atoms with E-state index in [-0.39, 0.29) is 62.1 Å². The van der Waals surface area contributed by atoms with Crippen LogP contribution in [-0.4, -0.2) is 26.2 Å². The summed E-state index contributed by atoms with van der Waals surface area (Å²) in [7, 11) is 0. The third-order valence-corrected chi connectivity index (χ3v) is 37.5. The Hall–Kier alpha value is -7.98. The summed E-state index contributed by atoms with van der Waals surface area (Å²) in [6.07, 6.45) is 26.6. The maximum absolute atomic E-state index is 16.1. The molecule has 4 atom stereocenters. The third-order valence-electron chi connectivity index (χ3n) is 25.4. The van der Waals surface area contributed by atoms with Gasteiger partial charge in [0.25, 0.3) is 0 Å². The van der Waals surface area contributed by atoms with Crippen molar-refractivity contribution in [2.75, 3.05) is 0 Å². The molecule has 700 valence electrons. The van der Waals surface area contributed by atoms with Gasteiger partial charge in [-0.3, -0.25) is 0 Å². The topological polar surface area (TPSA) is 125 Å². The fraction of sp³-hybridized carbons (Fsp3) is 0.340. The Labute approximate surface area is 846 Å². The van der Waals surface area contributed by atoms with Crippen molar-refractivity contribution in [1.29, 1.82) is 10.5 Å². The van der Waals surface area contributed by atoms with Crippen LogP contribution in [0.2, 0.25) is 0 Å². The minimum absolute atomic E-state index is 0.0133. The lowest BCUT2D eigenvalue weighted by molar-refractivity contribution is 0.421. The van der Waals surface area contributed by atoms with Crippen LogP contribution < -0.4 is 0 Å². The minimum Gasteiger partial charge on any atom is -0.206 e. The summed E-state index contributed by atoms with van der Waals surface area (Å²) in [6, 6.07) is 48.0. The normalized spacial score (nSPS) is 12.9. The molecule has 1 aliphatic rings. The molecule has 0 spiro atoms. The van der Waals surface area contributed by atoms with Gasteiger partial charge < -0.3 is 0 Å². The van der Waals surface area contributed by atoms with Crippen LogP contribution in [0.4, 0.5) is 35.1 Å². The van der Waals surface area contributed by atoms with E-state index in [1.807, 2.05) is 48.5 Å². The van der Waals surface area contributed by atoms with Crippen LogP contribution in [0.5, 0.6) is 0 Å². The number of hydrogen-bond donors (Lipinski definition) is 0. The molecule has 135 heavy (non-hydrogen) atoms. The zero-order chi connectivity index (χ0) is 95.1. The summed E-state index contributed by atoms with van der Waals surface area (Å²) >= 11 is 20.5. The molecule has 29 heteroatoms. The Morgan fingerprint density at radius 2 is 0.526 bits per heavy atom. The molecule has 0 aliphatic carbocycles. The van der Waals surface area contributed by atoms with E-state index in [1.165, 1.54) is 169 Å². The molecule has 7 aromatic carbocycles. The van der Waals surface area contributed by atoms with Crippen molar-refractivity contribution in [2.24, 2.45) is 23.7 Å². The Bertz CT molecular complexity index is 6580. The lowest BCUT2D eigenvalue weighted by Crippen LogP contribution is -2.01. The first-order valence-corrected chi connectivity index (χ1v) is 56.5. The van der Waals surface area contributed by atoms with Crippen molar-refractivity contribution >= 4 is 192 Å². The van der Waals surface area contributed by atoms with E-state index in [4.69, 9.17) is 8.75 Å². The lowest BCUT2D eigenvalue weighted by Gasteiger charge is -2.14. The molecule has 0 saturated heterocycles. The average molecular weight is 2150 g/mol. The number of thioether (sulfide) groups is 2. The van der Waals surface area contributed by atoms with Gasteiger partial charge in [-0.25, -0.2) is 35.1 Å². The van der Waals surface area contributed by atoms with E-state index < -0.39 is 23.3 Å². The Kier molecular flexibility index (Phi) is 35.9. The van der Waals surface area contributed by atoms with Gasteiger partial charge >= 0.3 is 0 Å². The molecule has 17 rings (SSSR count). The number of thiophene rings is 6. The maximum Gasteiger partial charge on any atom is 0.170 e. The van der Waals surface area contributed by atoms with E-state index in [2.05, 4.69) is 129 Å². The first kappa shape index (κ1) is 101. The van der Waals surface area contributed by atoms with E-state index in [0.717, 1.165) is 182 Å². The quantitative estimate of drug-likeness (QED) is 0.0273. The number of hydrogen-bond acceptors (Lipinski definition) is 19. The van der Waals surface area contributed by atoms with Crippen LogP contribution in [0.1, 0.15) is 206 Å². The predicted octanol–water partition coefficient (Wildman–Crippen LogP) is 38.8. The van der Waals surface area contributed by atoms with Gasteiger partial charge in [-0.05, 0) is 226 Å². The molecular weight excluding hydrogens is 2050 g/mol. The summed E-state index contributed by atoms with van der Waals surface area (Å²) < 4.78 is 154. The minimum atomic E-state index is -1.03. The molecule has 4 unspecified atom stereocenters. The number of halogens is 10. The zero-order valence-corrected chi connectivity index (χ0v) is 88.1. The molecule has 16 aromatic rings. The van der Waals surface area contributed by atoms with Gasteiger partial charge in [-0.2, -0.15) is 36.8 Å². The smallest absolute Gasteiger partial charge is 0.170 e.